The van der Waals surface area contributed by atoms with Crippen LogP contribution in [-0.2, 0) is 6.54 Å². The van der Waals surface area contributed by atoms with Gasteiger partial charge in [-0.05, 0) is 26.7 Å². The van der Waals surface area contributed by atoms with E-state index in [1.54, 1.807) is 11.3 Å². The number of thiazole rings is 1. The van der Waals surface area contributed by atoms with E-state index in [1.807, 2.05) is 13.8 Å². The third-order valence-corrected chi connectivity index (χ3v) is 4.76. The first-order valence-electron chi connectivity index (χ1n) is 7.15. The molecule has 0 radical (unpaired) electrons. The van der Waals surface area contributed by atoms with Crippen LogP contribution in [0.3, 0.4) is 0 Å². The van der Waals surface area contributed by atoms with Crippen LogP contribution >= 0.6 is 11.3 Å². The molecule has 0 bridgehead atoms. The fourth-order valence-corrected chi connectivity index (χ4v) is 3.22. The van der Waals surface area contributed by atoms with E-state index in [2.05, 4.69) is 26.6 Å². The summed E-state index contributed by atoms with van der Waals surface area (Å²) in [6.45, 7) is 6.68. The molecule has 1 fully saturated rings. The number of amides is 2. The predicted molar refractivity (Wildman–Crippen MR) is 82.0 cm³/mol. The van der Waals surface area contributed by atoms with E-state index in [-0.39, 0.29) is 12.1 Å². The lowest BCUT2D eigenvalue weighted by molar-refractivity contribution is 0.205. The lowest BCUT2D eigenvalue weighted by atomic mass is 10.1. The zero-order valence-corrected chi connectivity index (χ0v) is 13.3. The molecule has 0 unspecified atom stereocenters. The van der Waals surface area contributed by atoms with Crippen LogP contribution in [0.25, 0.3) is 0 Å². The number of aromatic nitrogens is 1. The fraction of sp³-hybridized carbons (Fsp3) is 0.643. The Balaban J connectivity index is 1.69. The number of carbonyl (C=O) groups excluding carboxylic acids is 1. The summed E-state index contributed by atoms with van der Waals surface area (Å²) in [5, 5.41) is 15.4. The van der Waals surface area contributed by atoms with E-state index < -0.39 is 0 Å². The molecule has 2 amide bonds. The van der Waals surface area contributed by atoms with Crippen molar-refractivity contribution in [1.29, 1.82) is 5.26 Å². The Hall–Kier alpha value is -1.65. The van der Waals surface area contributed by atoms with E-state index in [4.69, 9.17) is 5.26 Å². The first kappa shape index (κ1) is 15.7. The number of nitriles is 1. The van der Waals surface area contributed by atoms with Gasteiger partial charge in [-0.15, -0.1) is 11.3 Å². The van der Waals surface area contributed by atoms with Crippen LogP contribution in [0.2, 0.25) is 0 Å². The molecule has 0 atom stereocenters. The number of hydrogen-bond donors (Lipinski definition) is 2. The summed E-state index contributed by atoms with van der Waals surface area (Å²) in [7, 11) is 0. The lowest BCUT2D eigenvalue weighted by Crippen LogP contribution is -2.47. The molecule has 1 aliphatic rings. The quantitative estimate of drug-likeness (QED) is 0.827. The Morgan fingerprint density at radius 1 is 1.48 bits per heavy atom. The Morgan fingerprint density at radius 3 is 2.76 bits per heavy atom. The third kappa shape index (κ3) is 4.69. The second-order valence-electron chi connectivity index (χ2n) is 5.28. The van der Waals surface area contributed by atoms with Crippen molar-refractivity contribution >= 4 is 17.4 Å². The van der Waals surface area contributed by atoms with E-state index in [0.29, 0.717) is 13.1 Å². The monoisotopic (exact) mass is 307 g/mol. The first-order chi connectivity index (χ1) is 10.1. The van der Waals surface area contributed by atoms with Gasteiger partial charge in [-0.1, -0.05) is 0 Å². The normalized spacial score (nSPS) is 16.4. The minimum absolute atomic E-state index is 0.140. The molecule has 1 saturated heterocycles. The molecule has 114 valence electrons. The predicted octanol–water partition coefficient (Wildman–Crippen LogP) is 1.55. The van der Waals surface area contributed by atoms with E-state index in [0.717, 1.165) is 36.6 Å². The van der Waals surface area contributed by atoms with E-state index >= 15 is 0 Å². The Labute approximate surface area is 129 Å². The molecule has 1 aliphatic heterocycles. The largest absolute Gasteiger partial charge is 0.335 e. The van der Waals surface area contributed by atoms with Gasteiger partial charge in [0.25, 0.3) is 0 Å². The number of aryl methyl sites for hydroxylation is 2. The zero-order valence-electron chi connectivity index (χ0n) is 12.5. The molecule has 7 heteroatoms. The highest BCUT2D eigenvalue weighted by Gasteiger charge is 2.20. The van der Waals surface area contributed by atoms with Crippen LogP contribution < -0.4 is 10.6 Å². The second kappa shape index (κ2) is 7.38. The third-order valence-electron chi connectivity index (χ3n) is 3.69. The van der Waals surface area contributed by atoms with Crippen molar-refractivity contribution < 1.29 is 4.79 Å². The molecule has 21 heavy (non-hydrogen) atoms. The summed E-state index contributed by atoms with van der Waals surface area (Å²) < 4.78 is 0. The molecule has 1 aromatic heterocycles. The van der Waals surface area contributed by atoms with Gasteiger partial charge in [-0.3, -0.25) is 4.90 Å². The highest BCUT2D eigenvalue weighted by molar-refractivity contribution is 7.11. The number of rotatable bonds is 4. The molecular weight excluding hydrogens is 286 g/mol. The number of likely N-dealkylation sites (tertiary alicyclic amines) is 1. The number of carbonyl (C=O) groups is 1. The summed E-state index contributed by atoms with van der Waals surface area (Å²) in [5.41, 5.74) is 1.03. The van der Waals surface area contributed by atoms with Gasteiger partial charge < -0.3 is 10.6 Å². The molecule has 2 N–H and O–H groups in total. The molecule has 0 saturated carbocycles. The second-order valence-corrected chi connectivity index (χ2v) is 6.57. The summed E-state index contributed by atoms with van der Waals surface area (Å²) in [6.07, 6.45) is 1.79. The van der Waals surface area contributed by atoms with Crippen molar-refractivity contribution in [3.63, 3.8) is 0 Å². The highest BCUT2D eigenvalue weighted by Crippen LogP contribution is 2.16. The highest BCUT2D eigenvalue weighted by atomic mass is 32.1. The molecule has 6 nitrogen and oxygen atoms in total. The van der Waals surface area contributed by atoms with Gasteiger partial charge in [0.05, 0.1) is 24.9 Å². The summed E-state index contributed by atoms with van der Waals surface area (Å²) in [5.74, 6) is 0. The number of nitrogens with one attached hydrogen (secondary N) is 2. The number of urea groups is 1. The molecule has 0 spiro atoms. The maximum Gasteiger partial charge on any atom is 0.315 e. The molecule has 1 aromatic rings. The first-order valence-corrected chi connectivity index (χ1v) is 7.96. The van der Waals surface area contributed by atoms with Crippen molar-refractivity contribution in [3.05, 3.63) is 15.6 Å². The van der Waals surface area contributed by atoms with Crippen molar-refractivity contribution in [2.24, 2.45) is 0 Å². The van der Waals surface area contributed by atoms with Crippen LogP contribution in [0.15, 0.2) is 0 Å². The lowest BCUT2D eigenvalue weighted by Gasteiger charge is -2.30. The number of hydrogen-bond acceptors (Lipinski definition) is 5. The van der Waals surface area contributed by atoms with Crippen LogP contribution in [0.5, 0.6) is 0 Å². The average molecular weight is 307 g/mol. The van der Waals surface area contributed by atoms with Crippen LogP contribution in [0.1, 0.15) is 28.4 Å². The van der Waals surface area contributed by atoms with Crippen molar-refractivity contribution in [1.82, 2.24) is 20.5 Å². The molecular formula is C14H21N5OS. The van der Waals surface area contributed by atoms with Gasteiger partial charge in [0, 0.05) is 24.0 Å². The van der Waals surface area contributed by atoms with Crippen molar-refractivity contribution in [3.8, 4) is 6.07 Å². The molecule has 0 aliphatic carbocycles. The van der Waals surface area contributed by atoms with Crippen molar-refractivity contribution in [2.75, 3.05) is 19.6 Å². The van der Waals surface area contributed by atoms with Crippen LogP contribution in [-0.4, -0.2) is 41.6 Å². The SMILES string of the molecule is Cc1nc(CNC(=O)NC2CCN(CC#N)CC2)sc1C. The van der Waals surface area contributed by atoms with Gasteiger partial charge in [-0.2, -0.15) is 5.26 Å². The minimum Gasteiger partial charge on any atom is -0.335 e. The van der Waals surface area contributed by atoms with E-state index in [9.17, 15) is 4.79 Å². The van der Waals surface area contributed by atoms with Gasteiger partial charge >= 0.3 is 6.03 Å². The molecule has 2 rings (SSSR count). The average Bonchev–Trinajstić information content (AvgIpc) is 2.78. The van der Waals surface area contributed by atoms with Gasteiger partial charge in [0.2, 0.25) is 0 Å². The topological polar surface area (TPSA) is 81.1 Å². The van der Waals surface area contributed by atoms with Gasteiger partial charge in [0.1, 0.15) is 5.01 Å². The molecule has 0 aromatic carbocycles. The smallest absolute Gasteiger partial charge is 0.315 e. The van der Waals surface area contributed by atoms with Crippen LogP contribution in [0.4, 0.5) is 4.79 Å². The maximum atomic E-state index is 11.9. The fourth-order valence-electron chi connectivity index (χ4n) is 2.34. The maximum absolute atomic E-state index is 11.9. The summed E-state index contributed by atoms with van der Waals surface area (Å²) in [4.78, 5) is 19.6. The summed E-state index contributed by atoms with van der Waals surface area (Å²) >= 11 is 1.62. The minimum atomic E-state index is -0.140. The zero-order chi connectivity index (χ0) is 15.2. The van der Waals surface area contributed by atoms with Crippen LogP contribution in [0, 0.1) is 25.2 Å². The standard InChI is InChI=1S/C14H21N5OS/c1-10-11(2)21-13(17-10)9-16-14(20)18-12-3-6-19(7-4-12)8-5-15/h12H,3-4,6-9H2,1-2H3,(H2,16,18,20). The summed E-state index contributed by atoms with van der Waals surface area (Å²) in [6, 6.07) is 2.21. The van der Waals surface area contributed by atoms with Gasteiger partial charge in [0.15, 0.2) is 0 Å². The van der Waals surface area contributed by atoms with Gasteiger partial charge in [-0.25, -0.2) is 9.78 Å². The van der Waals surface area contributed by atoms with E-state index in [1.165, 1.54) is 4.88 Å². The Morgan fingerprint density at radius 2 is 2.19 bits per heavy atom. The number of nitrogens with zero attached hydrogens (tertiary/aromatic N) is 3. The number of piperidine rings is 1. The Kier molecular flexibility index (Phi) is 5.53. The van der Waals surface area contributed by atoms with Crippen molar-refractivity contribution in [2.45, 2.75) is 39.3 Å². The molecule has 2 heterocycles. The Bertz CT molecular complexity index is 508.